The zero-order valence-corrected chi connectivity index (χ0v) is 26.0. The number of benzene rings is 2. The number of nitrogens with one attached hydrogen (secondary N) is 1. The molecule has 3 aromatic rings. The van der Waals surface area contributed by atoms with E-state index in [2.05, 4.69) is 16.4 Å². The summed E-state index contributed by atoms with van der Waals surface area (Å²) in [7, 11) is 1.58. The maximum Gasteiger partial charge on any atom is 0.416 e. The fraction of sp³-hybridized carbons (Fsp3) is 0.438. The van der Waals surface area contributed by atoms with Crippen LogP contribution in [0.2, 0.25) is 0 Å². The molecule has 1 aromatic heterocycles. The number of nitrogens with zero attached hydrogens (tertiary/aromatic N) is 4. The zero-order chi connectivity index (χ0) is 32.3. The Kier molecular flexibility index (Phi) is 12.9. The molecule has 8 nitrogen and oxygen atoms in total. The second-order valence-corrected chi connectivity index (χ2v) is 11.1. The van der Waals surface area contributed by atoms with Crippen molar-refractivity contribution >= 4 is 23.1 Å². The minimum absolute atomic E-state index is 0.00679. The van der Waals surface area contributed by atoms with E-state index in [-0.39, 0.29) is 35.3 Å². The van der Waals surface area contributed by atoms with Gasteiger partial charge in [0.25, 0.3) is 0 Å². The SMILES string of the molecule is CC[C@H](C)[C@H](C(=O)Cc1cncn1Cc1ccc(C#N)cc1)C(N)N(Cc1ccccc1C(F)(F)F)C(=S)NCCCOC. The first-order valence-corrected chi connectivity index (χ1v) is 14.9. The normalized spacial score (nSPS) is 13.5. The van der Waals surface area contributed by atoms with Crippen LogP contribution in [0.25, 0.3) is 0 Å². The highest BCUT2D eigenvalue weighted by Crippen LogP contribution is 2.33. The Morgan fingerprint density at radius 2 is 1.93 bits per heavy atom. The molecule has 0 aliphatic heterocycles. The number of ether oxygens (including phenoxy) is 1. The van der Waals surface area contributed by atoms with E-state index in [9.17, 15) is 18.0 Å². The first-order chi connectivity index (χ1) is 21.0. The Bertz CT molecular complexity index is 1420. The number of Topliss-reactive ketones (excluding diaryl/α,β-unsaturated/α-hetero) is 1. The summed E-state index contributed by atoms with van der Waals surface area (Å²) in [4.78, 5) is 19.7. The van der Waals surface area contributed by atoms with Crippen LogP contribution >= 0.6 is 12.2 Å². The monoisotopic (exact) mass is 628 g/mol. The number of methoxy groups -OCH3 is 1. The fourth-order valence-electron chi connectivity index (χ4n) is 5.05. The molecule has 1 unspecified atom stereocenters. The van der Waals surface area contributed by atoms with Crippen LogP contribution in [0.1, 0.15) is 54.6 Å². The highest BCUT2D eigenvalue weighted by Gasteiger charge is 2.38. The summed E-state index contributed by atoms with van der Waals surface area (Å²) in [6.45, 7) is 4.97. The Balaban J connectivity index is 1.90. The summed E-state index contributed by atoms with van der Waals surface area (Å²) in [5.74, 6) is -1.09. The minimum Gasteiger partial charge on any atom is -0.385 e. The van der Waals surface area contributed by atoms with Crippen molar-refractivity contribution in [2.24, 2.45) is 17.6 Å². The van der Waals surface area contributed by atoms with Crippen molar-refractivity contribution in [2.45, 2.75) is 58.5 Å². The number of carbonyl (C=O) groups is 1. The van der Waals surface area contributed by atoms with Gasteiger partial charge in [0, 0.05) is 51.7 Å². The molecule has 2 aromatic carbocycles. The Hall–Kier alpha value is -3.79. The van der Waals surface area contributed by atoms with Gasteiger partial charge in [-0.15, -0.1) is 0 Å². The van der Waals surface area contributed by atoms with Gasteiger partial charge >= 0.3 is 6.18 Å². The Labute approximate surface area is 262 Å². The van der Waals surface area contributed by atoms with Crippen molar-refractivity contribution in [3.05, 3.63) is 89.0 Å². The summed E-state index contributed by atoms with van der Waals surface area (Å²) >= 11 is 5.66. The summed E-state index contributed by atoms with van der Waals surface area (Å²) < 4.78 is 48.7. The van der Waals surface area contributed by atoms with Crippen molar-refractivity contribution < 1.29 is 22.7 Å². The third-order valence-electron chi connectivity index (χ3n) is 7.67. The molecule has 12 heteroatoms. The number of ketones is 1. The predicted molar refractivity (Wildman–Crippen MR) is 166 cm³/mol. The fourth-order valence-corrected chi connectivity index (χ4v) is 5.34. The zero-order valence-electron chi connectivity index (χ0n) is 25.2. The summed E-state index contributed by atoms with van der Waals surface area (Å²) in [6.07, 6.45) is -1.04. The van der Waals surface area contributed by atoms with Crippen molar-refractivity contribution in [3.8, 4) is 6.07 Å². The number of nitrogens with two attached hydrogens (primary N) is 1. The highest BCUT2D eigenvalue weighted by atomic mass is 32.1. The molecule has 236 valence electrons. The van der Waals surface area contributed by atoms with Gasteiger partial charge in [0.1, 0.15) is 5.78 Å². The van der Waals surface area contributed by atoms with Gasteiger partial charge in [0.05, 0.1) is 35.6 Å². The lowest BCUT2D eigenvalue weighted by molar-refractivity contribution is -0.138. The van der Waals surface area contributed by atoms with Gasteiger partial charge in [-0.2, -0.15) is 18.4 Å². The van der Waals surface area contributed by atoms with Crippen LogP contribution in [0.5, 0.6) is 0 Å². The van der Waals surface area contributed by atoms with Crippen LogP contribution in [-0.4, -0.2) is 51.8 Å². The van der Waals surface area contributed by atoms with Crippen LogP contribution in [0.3, 0.4) is 0 Å². The Morgan fingerprint density at radius 3 is 2.57 bits per heavy atom. The average molecular weight is 629 g/mol. The molecule has 3 atom stereocenters. The third kappa shape index (κ3) is 9.35. The van der Waals surface area contributed by atoms with E-state index in [1.54, 1.807) is 31.8 Å². The second kappa shape index (κ2) is 16.3. The standard InChI is InChI=1S/C32H39F3N6O2S/c1-4-22(2)29(28(42)16-26-18-38-21-40(26)19-24-12-10-23(17-36)11-13-24)30(37)41(31(44)39-14-7-15-43-3)20-25-8-5-6-9-27(25)32(33,34)35/h5-6,8-13,18,21-22,29-30H,4,7,14-16,19-20,37H2,1-3H3,(H,39,44)/t22-,29+,30?/m0/s1. The summed E-state index contributed by atoms with van der Waals surface area (Å²) in [6, 6.07) is 14.5. The number of alkyl halides is 3. The molecular formula is C32H39F3N6O2S. The molecule has 0 aliphatic carbocycles. The molecule has 0 aliphatic rings. The maximum atomic E-state index is 14.0. The first kappa shape index (κ1) is 34.7. The van der Waals surface area contributed by atoms with Gasteiger partial charge in [0.2, 0.25) is 0 Å². The van der Waals surface area contributed by atoms with Crippen LogP contribution in [0.4, 0.5) is 13.2 Å². The van der Waals surface area contributed by atoms with E-state index in [1.165, 1.54) is 23.1 Å². The lowest BCUT2D eigenvalue weighted by Crippen LogP contribution is -2.56. The van der Waals surface area contributed by atoms with Gasteiger partial charge < -0.3 is 25.3 Å². The van der Waals surface area contributed by atoms with Crippen LogP contribution in [0.15, 0.2) is 61.1 Å². The number of hydrogen-bond donors (Lipinski definition) is 2. The summed E-state index contributed by atoms with van der Waals surface area (Å²) in [5, 5.41) is 12.3. The molecule has 0 spiro atoms. The molecule has 0 saturated heterocycles. The number of thiocarbonyl (C=S) groups is 1. The van der Waals surface area contributed by atoms with Crippen LogP contribution < -0.4 is 11.1 Å². The third-order valence-corrected chi connectivity index (χ3v) is 8.05. The van der Waals surface area contributed by atoms with Crippen molar-refractivity contribution in [3.63, 3.8) is 0 Å². The molecule has 44 heavy (non-hydrogen) atoms. The van der Waals surface area contributed by atoms with E-state index in [0.29, 0.717) is 43.8 Å². The van der Waals surface area contributed by atoms with Gasteiger partial charge in [-0.05, 0) is 53.9 Å². The minimum atomic E-state index is -4.57. The largest absolute Gasteiger partial charge is 0.416 e. The highest BCUT2D eigenvalue weighted by molar-refractivity contribution is 7.80. The lowest BCUT2D eigenvalue weighted by atomic mass is 9.83. The molecule has 1 heterocycles. The molecule has 0 bridgehead atoms. The number of rotatable bonds is 15. The molecule has 3 rings (SSSR count). The summed E-state index contributed by atoms with van der Waals surface area (Å²) in [5.41, 5.74) is 8.21. The van der Waals surface area contributed by atoms with Gasteiger partial charge in [-0.1, -0.05) is 50.6 Å². The number of nitriles is 1. The van der Waals surface area contributed by atoms with E-state index in [1.807, 2.05) is 30.5 Å². The maximum absolute atomic E-state index is 14.0. The second-order valence-electron chi connectivity index (χ2n) is 10.7. The smallest absolute Gasteiger partial charge is 0.385 e. The molecule has 0 fully saturated rings. The van der Waals surface area contributed by atoms with E-state index >= 15 is 0 Å². The van der Waals surface area contributed by atoms with Crippen LogP contribution in [0, 0.1) is 23.2 Å². The van der Waals surface area contributed by atoms with E-state index in [4.69, 9.17) is 28.0 Å². The van der Waals surface area contributed by atoms with Crippen molar-refractivity contribution in [2.75, 3.05) is 20.3 Å². The molecule has 0 amide bonds. The van der Waals surface area contributed by atoms with E-state index in [0.717, 1.165) is 11.6 Å². The molecular weight excluding hydrogens is 589 g/mol. The average Bonchev–Trinajstić information content (AvgIpc) is 3.43. The van der Waals surface area contributed by atoms with Crippen LogP contribution in [-0.2, 0) is 35.2 Å². The number of halogens is 3. The quantitative estimate of drug-likeness (QED) is 0.133. The van der Waals surface area contributed by atoms with Gasteiger partial charge in [-0.3, -0.25) is 4.79 Å². The van der Waals surface area contributed by atoms with Gasteiger partial charge in [-0.25, -0.2) is 4.98 Å². The van der Waals surface area contributed by atoms with Crippen molar-refractivity contribution in [1.82, 2.24) is 19.8 Å². The number of hydrogen-bond acceptors (Lipinski definition) is 6. The van der Waals surface area contributed by atoms with Crippen molar-refractivity contribution in [1.29, 1.82) is 5.26 Å². The van der Waals surface area contributed by atoms with Gasteiger partial charge in [0.15, 0.2) is 5.11 Å². The van der Waals surface area contributed by atoms with E-state index < -0.39 is 23.8 Å². The number of aromatic nitrogens is 2. The topological polar surface area (TPSA) is 109 Å². The molecule has 3 N–H and O–H groups in total. The number of imidazole rings is 1. The number of carbonyl (C=O) groups excluding carboxylic acids is 1. The predicted octanol–water partition coefficient (Wildman–Crippen LogP) is 5.29. The molecule has 0 saturated carbocycles. The molecule has 0 radical (unpaired) electrons. The lowest BCUT2D eigenvalue weighted by Gasteiger charge is -2.38. The Morgan fingerprint density at radius 1 is 1.23 bits per heavy atom. The first-order valence-electron chi connectivity index (χ1n) is 14.4.